The quantitative estimate of drug-likeness (QED) is 0.666. The first-order valence-corrected chi connectivity index (χ1v) is 10.9. The van der Waals surface area contributed by atoms with Crippen LogP contribution in [0.2, 0.25) is 0 Å². The number of methoxy groups -OCH3 is 1. The Labute approximate surface area is 170 Å². The number of esters is 1. The molecule has 0 bridgehead atoms. The second kappa shape index (κ2) is 9.04. The minimum atomic E-state index is -3.88. The lowest BCUT2D eigenvalue weighted by Crippen LogP contribution is -2.47. The molecule has 1 aliphatic rings. The molecule has 1 saturated heterocycles. The van der Waals surface area contributed by atoms with Gasteiger partial charge in [-0.2, -0.15) is 0 Å². The molecule has 0 aliphatic carbocycles. The van der Waals surface area contributed by atoms with E-state index in [0.29, 0.717) is 31.6 Å². The first-order chi connectivity index (χ1) is 13.9. The fraction of sp³-hybridized carbons (Fsp3) is 0.381. The average Bonchev–Trinajstić information content (AvgIpc) is 2.78. The lowest BCUT2D eigenvalue weighted by molar-refractivity contribution is -0.0663. The van der Waals surface area contributed by atoms with Gasteiger partial charge in [-0.3, -0.25) is 0 Å². The lowest BCUT2D eigenvalue weighted by atomic mass is 9.77. The van der Waals surface area contributed by atoms with Crippen molar-refractivity contribution in [3.8, 4) is 0 Å². The molecule has 3 rings (SSSR count). The van der Waals surface area contributed by atoms with Crippen molar-refractivity contribution in [2.24, 2.45) is 5.92 Å². The van der Waals surface area contributed by atoms with Crippen molar-refractivity contribution in [3.05, 3.63) is 65.7 Å². The number of hydrogen-bond donors (Lipinski definition) is 2. The first kappa shape index (κ1) is 21.4. The third-order valence-corrected chi connectivity index (χ3v) is 6.70. The van der Waals surface area contributed by atoms with Crippen molar-refractivity contribution in [1.82, 2.24) is 4.72 Å². The highest BCUT2D eigenvalue weighted by atomic mass is 32.2. The predicted molar refractivity (Wildman–Crippen MR) is 107 cm³/mol. The summed E-state index contributed by atoms with van der Waals surface area (Å²) >= 11 is 0. The van der Waals surface area contributed by atoms with Gasteiger partial charge in [-0.1, -0.05) is 30.3 Å². The monoisotopic (exact) mass is 419 g/mol. The maximum absolute atomic E-state index is 12.8. The van der Waals surface area contributed by atoms with E-state index in [1.165, 1.54) is 31.4 Å². The molecule has 0 radical (unpaired) electrons. The van der Waals surface area contributed by atoms with Gasteiger partial charge < -0.3 is 14.6 Å². The maximum Gasteiger partial charge on any atom is 0.337 e. The van der Waals surface area contributed by atoms with Crippen molar-refractivity contribution in [3.63, 3.8) is 0 Å². The fourth-order valence-electron chi connectivity index (χ4n) is 3.56. The molecule has 1 heterocycles. The van der Waals surface area contributed by atoms with E-state index in [-0.39, 0.29) is 22.9 Å². The molecule has 0 saturated carbocycles. The number of carbonyl (C=O) groups is 1. The first-order valence-electron chi connectivity index (χ1n) is 9.40. The molecular weight excluding hydrogens is 394 g/mol. The Kier molecular flexibility index (Phi) is 6.69. The third-order valence-electron chi connectivity index (χ3n) is 5.29. The van der Waals surface area contributed by atoms with Gasteiger partial charge in [-0.15, -0.1) is 0 Å². The Morgan fingerprint density at radius 1 is 1.14 bits per heavy atom. The molecule has 29 heavy (non-hydrogen) atoms. The van der Waals surface area contributed by atoms with Gasteiger partial charge >= 0.3 is 5.97 Å². The number of aliphatic hydroxyl groups is 1. The average molecular weight is 419 g/mol. The Balaban J connectivity index is 1.82. The summed E-state index contributed by atoms with van der Waals surface area (Å²) in [6, 6.07) is 14.5. The topological polar surface area (TPSA) is 102 Å². The van der Waals surface area contributed by atoms with Crippen LogP contribution in [0.3, 0.4) is 0 Å². The highest BCUT2D eigenvalue weighted by Gasteiger charge is 2.40. The van der Waals surface area contributed by atoms with Crippen LogP contribution in [0.5, 0.6) is 0 Å². The van der Waals surface area contributed by atoms with Gasteiger partial charge in [0.05, 0.1) is 17.6 Å². The molecule has 0 spiro atoms. The van der Waals surface area contributed by atoms with Crippen LogP contribution in [0.15, 0.2) is 59.5 Å². The van der Waals surface area contributed by atoms with Crippen molar-refractivity contribution in [2.75, 3.05) is 26.9 Å². The predicted octanol–water partition coefficient (Wildman–Crippen LogP) is 2.07. The van der Waals surface area contributed by atoms with Crippen molar-refractivity contribution >= 4 is 16.0 Å². The Hall–Kier alpha value is -2.26. The molecule has 2 aromatic rings. The summed E-state index contributed by atoms with van der Waals surface area (Å²) in [6.07, 6.45) is 1.28. The largest absolute Gasteiger partial charge is 0.465 e. The standard InChI is InChI=1S/C21H25NO6S/c1-27-20(23)16-7-9-19(10-8-16)29(25,26)22-15-21(24,17-5-3-2-4-6-17)18-11-13-28-14-12-18/h2-10,18,22,24H,11-15H2,1H3. The number of benzene rings is 2. The van der Waals surface area contributed by atoms with Crippen LogP contribution in [0.4, 0.5) is 0 Å². The molecule has 0 amide bonds. The second-order valence-corrected chi connectivity index (χ2v) is 8.78. The van der Waals surface area contributed by atoms with E-state index in [2.05, 4.69) is 9.46 Å². The van der Waals surface area contributed by atoms with Gasteiger partial charge in [0.15, 0.2) is 0 Å². The van der Waals surface area contributed by atoms with E-state index in [1.54, 1.807) is 12.1 Å². The van der Waals surface area contributed by atoms with Crippen LogP contribution in [-0.4, -0.2) is 46.4 Å². The number of hydrogen-bond acceptors (Lipinski definition) is 6. The van der Waals surface area contributed by atoms with Crippen LogP contribution in [0, 0.1) is 5.92 Å². The van der Waals surface area contributed by atoms with E-state index in [4.69, 9.17) is 4.74 Å². The summed E-state index contributed by atoms with van der Waals surface area (Å²) in [5.41, 5.74) is -0.436. The molecule has 1 fully saturated rings. The van der Waals surface area contributed by atoms with Crippen LogP contribution >= 0.6 is 0 Å². The Morgan fingerprint density at radius 3 is 2.34 bits per heavy atom. The Bertz CT molecular complexity index is 923. The minimum Gasteiger partial charge on any atom is -0.465 e. The van der Waals surface area contributed by atoms with E-state index in [1.807, 2.05) is 18.2 Å². The maximum atomic E-state index is 12.8. The van der Waals surface area contributed by atoms with Crippen LogP contribution in [0.25, 0.3) is 0 Å². The number of nitrogens with one attached hydrogen (secondary N) is 1. The van der Waals surface area contributed by atoms with Crippen molar-refractivity contribution < 1.29 is 27.8 Å². The number of rotatable bonds is 7. The molecule has 7 nitrogen and oxygen atoms in total. The van der Waals surface area contributed by atoms with Gasteiger partial charge in [-0.25, -0.2) is 17.9 Å². The lowest BCUT2D eigenvalue weighted by Gasteiger charge is -2.39. The van der Waals surface area contributed by atoms with Gasteiger partial charge in [0.1, 0.15) is 5.60 Å². The van der Waals surface area contributed by atoms with Crippen LogP contribution in [-0.2, 0) is 25.1 Å². The number of carbonyl (C=O) groups excluding carboxylic acids is 1. The zero-order chi connectivity index (χ0) is 20.9. The van der Waals surface area contributed by atoms with Gasteiger partial charge in [0.2, 0.25) is 10.0 Å². The van der Waals surface area contributed by atoms with E-state index in [9.17, 15) is 18.3 Å². The SMILES string of the molecule is COC(=O)c1ccc(S(=O)(=O)NCC(O)(c2ccccc2)C2CCOCC2)cc1. The summed E-state index contributed by atoms with van der Waals surface area (Å²) in [4.78, 5) is 11.5. The summed E-state index contributed by atoms with van der Waals surface area (Å²) in [5, 5.41) is 11.5. The van der Waals surface area contributed by atoms with Gasteiger partial charge in [0, 0.05) is 19.8 Å². The van der Waals surface area contributed by atoms with Gasteiger partial charge in [0.25, 0.3) is 0 Å². The normalized spacial score (nSPS) is 17.4. The number of sulfonamides is 1. The molecule has 1 atom stereocenters. The zero-order valence-electron chi connectivity index (χ0n) is 16.2. The summed E-state index contributed by atoms with van der Waals surface area (Å²) in [6.45, 7) is 0.895. The fourth-order valence-corrected chi connectivity index (χ4v) is 4.63. The molecular formula is C21H25NO6S. The van der Waals surface area contributed by atoms with E-state index in [0.717, 1.165) is 0 Å². The smallest absolute Gasteiger partial charge is 0.337 e. The molecule has 1 aliphatic heterocycles. The molecule has 156 valence electrons. The van der Waals surface area contributed by atoms with Crippen LogP contribution in [0.1, 0.15) is 28.8 Å². The summed E-state index contributed by atoms with van der Waals surface area (Å²) in [7, 11) is -2.62. The van der Waals surface area contributed by atoms with Crippen LogP contribution < -0.4 is 4.72 Å². The van der Waals surface area contributed by atoms with E-state index < -0.39 is 21.6 Å². The molecule has 8 heteroatoms. The molecule has 2 N–H and O–H groups in total. The highest BCUT2D eigenvalue weighted by molar-refractivity contribution is 7.89. The minimum absolute atomic E-state index is 0.00698. The molecule has 1 unspecified atom stereocenters. The second-order valence-electron chi connectivity index (χ2n) is 7.02. The molecule has 0 aromatic heterocycles. The highest BCUT2D eigenvalue weighted by Crippen LogP contribution is 2.36. The molecule has 2 aromatic carbocycles. The summed E-state index contributed by atoms with van der Waals surface area (Å²) in [5.74, 6) is -0.678. The van der Waals surface area contributed by atoms with Gasteiger partial charge in [-0.05, 0) is 48.6 Å². The zero-order valence-corrected chi connectivity index (χ0v) is 17.0. The third kappa shape index (κ3) is 4.84. The van der Waals surface area contributed by atoms with Crippen molar-refractivity contribution in [2.45, 2.75) is 23.3 Å². The van der Waals surface area contributed by atoms with E-state index >= 15 is 0 Å². The Morgan fingerprint density at radius 2 is 1.76 bits per heavy atom. The summed E-state index contributed by atoms with van der Waals surface area (Å²) < 4.78 is 38.1. The van der Waals surface area contributed by atoms with Crippen molar-refractivity contribution in [1.29, 1.82) is 0 Å². The number of ether oxygens (including phenoxy) is 2.